The fourth-order valence-corrected chi connectivity index (χ4v) is 1.95. The average Bonchev–Trinajstić information content (AvgIpc) is 2.66. The molecule has 0 bridgehead atoms. The predicted molar refractivity (Wildman–Crippen MR) is 60.1 cm³/mol. The number of aliphatic hydroxyl groups is 1. The maximum absolute atomic E-state index is 9.73. The smallest absolute Gasteiger partial charge is 0.180 e. The van der Waals surface area contributed by atoms with Gasteiger partial charge in [0.25, 0.3) is 0 Å². The Kier molecular flexibility index (Phi) is 2.76. The van der Waals surface area contributed by atoms with Gasteiger partial charge in [-0.25, -0.2) is 0 Å². The van der Waals surface area contributed by atoms with Crippen molar-refractivity contribution < 1.29 is 9.63 Å². The lowest BCUT2D eigenvalue weighted by molar-refractivity contribution is 0.184. The van der Waals surface area contributed by atoms with Crippen molar-refractivity contribution in [2.24, 2.45) is 0 Å². The Balaban J connectivity index is 2.50. The molecule has 76 valence electrons. The van der Waals surface area contributed by atoms with E-state index in [0.29, 0.717) is 12.0 Å². The lowest BCUT2D eigenvalue weighted by Crippen LogP contribution is -1.95. The fraction of sp³-hybridized carbons (Fsp3) is 0.182. The van der Waals surface area contributed by atoms with Crippen LogP contribution in [0.25, 0.3) is 11.0 Å². The molecule has 3 nitrogen and oxygen atoms in total. The molecule has 1 atom stereocenters. The van der Waals surface area contributed by atoms with E-state index in [0.717, 1.165) is 15.4 Å². The van der Waals surface area contributed by atoms with E-state index in [9.17, 15) is 5.11 Å². The molecule has 0 amide bonds. The molecule has 0 aliphatic rings. The Bertz CT molecular complexity index is 527. The van der Waals surface area contributed by atoms with Crippen molar-refractivity contribution in [2.75, 3.05) is 0 Å². The van der Waals surface area contributed by atoms with Crippen LogP contribution < -0.4 is 0 Å². The normalized spacial score (nSPS) is 12.6. The number of rotatable bonds is 2. The Morgan fingerprint density at radius 1 is 1.60 bits per heavy atom. The van der Waals surface area contributed by atoms with Crippen molar-refractivity contribution >= 4 is 26.9 Å². The topological polar surface area (TPSA) is 46.3 Å². The third kappa shape index (κ3) is 1.89. The van der Waals surface area contributed by atoms with Gasteiger partial charge in [0, 0.05) is 11.8 Å². The lowest BCUT2D eigenvalue weighted by Gasteiger charge is -2.07. The summed E-state index contributed by atoms with van der Waals surface area (Å²) < 4.78 is 5.79. The molecule has 2 aromatic rings. The van der Waals surface area contributed by atoms with Gasteiger partial charge in [0.1, 0.15) is 0 Å². The highest BCUT2D eigenvalue weighted by molar-refractivity contribution is 9.10. The standard InChI is InChI=1S/C11H8BrNO2/c1-2-3-10(14)7-4-8-6-13-15-11(8)9(12)5-7/h1,4-6,10,14H,3H2. The van der Waals surface area contributed by atoms with E-state index in [1.807, 2.05) is 6.07 Å². The largest absolute Gasteiger partial charge is 0.387 e. The van der Waals surface area contributed by atoms with Gasteiger partial charge in [0.05, 0.1) is 16.8 Å². The molecule has 1 unspecified atom stereocenters. The number of hydrogen-bond acceptors (Lipinski definition) is 3. The van der Waals surface area contributed by atoms with E-state index in [4.69, 9.17) is 10.9 Å². The summed E-state index contributed by atoms with van der Waals surface area (Å²) >= 11 is 3.35. The second-order valence-electron chi connectivity index (χ2n) is 3.17. The number of aliphatic hydroxyl groups excluding tert-OH is 1. The summed E-state index contributed by atoms with van der Waals surface area (Å²) in [4.78, 5) is 0. The third-order valence-corrected chi connectivity index (χ3v) is 2.72. The van der Waals surface area contributed by atoms with E-state index < -0.39 is 6.10 Å². The highest BCUT2D eigenvalue weighted by Gasteiger charge is 2.11. The molecule has 0 spiro atoms. The third-order valence-electron chi connectivity index (χ3n) is 2.13. The number of benzene rings is 1. The molecule has 0 radical (unpaired) electrons. The van der Waals surface area contributed by atoms with Gasteiger partial charge >= 0.3 is 0 Å². The summed E-state index contributed by atoms with van der Waals surface area (Å²) in [5.41, 5.74) is 1.43. The molecule has 1 N–H and O–H groups in total. The monoisotopic (exact) mass is 265 g/mol. The molecule has 2 rings (SSSR count). The van der Waals surface area contributed by atoms with Crippen LogP contribution in [-0.2, 0) is 0 Å². The van der Waals surface area contributed by atoms with Crippen LogP contribution in [-0.4, -0.2) is 10.3 Å². The Morgan fingerprint density at radius 2 is 2.40 bits per heavy atom. The van der Waals surface area contributed by atoms with Gasteiger partial charge in [-0.3, -0.25) is 0 Å². The lowest BCUT2D eigenvalue weighted by atomic mass is 10.1. The van der Waals surface area contributed by atoms with Crippen LogP contribution >= 0.6 is 15.9 Å². The zero-order valence-corrected chi connectivity index (χ0v) is 9.36. The minimum absolute atomic E-state index is 0.295. The first-order chi connectivity index (χ1) is 7.22. The highest BCUT2D eigenvalue weighted by atomic mass is 79.9. The summed E-state index contributed by atoms with van der Waals surface area (Å²) in [7, 11) is 0. The van der Waals surface area contributed by atoms with Crippen LogP contribution in [0.2, 0.25) is 0 Å². The summed E-state index contributed by atoms with van der Waals surface area (Å²) in [6, 6.07) is 3.61. The van der Waals surface area contributed by atoms with E-state index in [1.54, 1.807) is 12.3 Å². The van der Waals surface area contributed by atoms with Crippen LogP contribution in [0.15, 0.2) is 27.3 Å². The van der Waals surface area contributed by atoms with Gasteiger partial charge < -0.3 is 9.63 Å². The Morgan fingerprint density at radius 3 is 3.13 bits per heavy atom. The first-order valence-corrected chi connectivity index (χ1v) is 5.17. The molecule has 1 aromatic heterocycles. The molecule has 0 saturated carbocycles. The fourth-order valence-electron chi connectivity index (χ4n) is 1.39. The molecule has 1 heterocycles. The van der Waals surface area contributed by atoms with Crippen LogP contribution in [0.1, 0.15) is 18.1 Å². The maximum Gasteiger partial charge on any atom is 0.180 e. The van der Waals surface area contributed by atoms with Gasteiger partial charge in [-0.2, -0.15) is 0 Å². The quantitative estimate of drug-likeness (QED) is 0.850. The molecule has 15 heavy (non-hydrogen) atoms. The zero-order valence-electron chi connectivity index (χ0n) is 7.77. The zero-order chi connectivity index (χ0) is 10.8. The molecule has 0 saturated heterocycles. The Labute approximate surface area is 95.2 Å². The second kappa shape index (κ2) is 4.05. The van der Waals surface area contributed by atoms with Gasteiger partial charge in [0.15, 0.2) is 5.58 Å². The number of halogens is 1. The number of terminal acetylenes is 1. The van der Waals surface area contributed by atoms with Crippen molar-refractivity contribution in [3.05, 3.63) is 28.4 Å². The average molecular weight is 266 g/mol. The highest BCUT2D eigenvalue weighted by Crippen LogP contribution is 2.29. The van der Waals surface area contributed by atoms with Crippen LogP contribution in [0.3, 0.4) is 0 Å². The molecule has 1 aromatic carbocycles. The molecular formula is C11H8BrNO2. The van der Waals surface area contributed by atoms with Crippen LogP contribution in [0.5, 0.6) is 0 Å². The minimum Gasteiger partial charge on any atom is -0.387 e. The van der Waals surface area contributed by atoms with E-state index in [2.05, 4.69) is 27.0 Å². The van der Waals surface area contributed by atoms with Gasteiger partial charge in [0.2, 0.25) is 0 Å². The van der Waals surface area contributed by atoms with Crippen molar-refractivity contribution in [3.8, 4) is 12.3 Å². The van der Waals surface area contributed by atoms with Gasteiger partial charge in [-0.15, -0.1) is 12.3 Å². The van der Waals surface area contributed by atoms with Crippen LogP contribution in [0, 0.1) is 12.3 Å². The predicted octanol–water partition coefficient (Wildman–Crippen LogP) is 2.65. The van der Waals surface area contributed by atoms with Crippen molar-refractivity contribution in [1.29, 1.82) is 0 Å². The molecule has 0 fully saturated rings. The molecular weight excluding hydrogens is 258 g/mol. The van der Waals surface area contributed by atoms with Crippen molar-refractivity contribution in [2.45, 2.75) is 12.5 Å². The Hall–Kier alpha value is -1.31. The molecule has 0 aliphatic carbocycles. The maximum atomic E-state index is 9.73. The summed E-state index contributed by atoms with van der Waals surface area (Å²) in [6.07, 6.45) is 6.40. The number of hydrogen-bond donors (Lipinski definition) is 1. The summed E-state index contributed by atoms with van der Waals surface area (Å²) in [5.74, 6) is 2.42. The van der Waals surface area contributed by atoms with Crippen molar-refractivity contribution in [3.63, 3.8) is 0 Å². The van der Waals surface area contributed by atoms with E-state index in [1.165, 1.54) is 0 Å². The van der Waals surface area contributed by atoms with Gasteiger partial charge in [-0.1, -0.05) is 5.16 Å². The van der Waals surface area contributed by atoms with E-state index in [-0.39, 0.29) is 0 Å². The summed E-state index contributed by atoms with van der Waals surface area (Å²) in [6.45, 7) is 0. The molecule has 0 aliphatic heterocycles. The number of fused-ring (bicyclic) bond motifs is 1. The number of aromatic nitrogens is 1. The molecule has 4 heteroatoms. The minimum atomic E-state index is -0.648. The van der Waals surface area contributed by atoms with E-state index >= 15 is 0 Å². The first kappa shape index (κ1) is 10.2. The number of nitrogens with zero attached hydrogens (tertiary/aromatic N) is 1. The second-order valence-corrected chi connectivity index (χ2v) is 4.03. The van der Waals surface area contributed by atoms with Gasteiger partial charge in [-0.05, 0) is 33.6 Å². The van der Waals surface area contributed by atoms with Crippen LogP contribution in [0.4, 0.5) is 0 Å². The first-order valence-electron chi connectivity index (χ1n) is 4.37. The summed E-state index contributed by atoms with van der Waals surface area (Å²) in [5, 5.41) is 14.3. The van der Waals surface area contributed by atoms with Crippen molar-refractivity contribution in [1.82, 2.24) is 5.16 Å². The SMILES string of the molecule is C#CCC(O)c1cc(Br)c2oncc2c1.